The summed E-state index contributed by atoms with van der Waals surface area (Å²) in [5.41, 5.74) is 1.27. The Balaban J connectivity index is 2.02. The first-order chi connectivity index (χ1) is 8.62. The van der Waals surface area contributed by atoms with Gasteiger partial charge in [-0.15, -0.1) is 11.3 Å². The van der Waals surface area contributed by atoms with Gasteiger partial charge in [-0.25, -0.2) is 4.98 Å². The predicted octanol–water partition coefficient (Wildman–Crippen LogP) is 3.03. The Morgan fingerprint density at radius 2 is 2.28 bits per heavy atom. The standard InChI is InChI=1S/C14H21N3S/c1-4-15-8-12-9-17(11-16-12)10-14(2,3)13-6-5-7-18-13/h5-7,9,11,15H,4,8,10H2,1-3H3. The molecule has 0 radical (unpaired) electrons. The Labute approximate surface area is 113 Å². The van der Waals surface area contributed by atoms with E-state index in [9.17, 15) is 0 Å². The molecule has 2 rings (SSSR count). The summed E-state index contributed by atoms with van der Waals surface area (Å²) >= 11 is 1.82. The van der Waals surface area contributed by atoms with Crippen molar-refractivity contribution in [3.63, 3.8) is 0 Å². The van der Waals surface area contributed by atoms with Crippen LogP contribution < -0.4 is 5.32 Å². The molecular formula is C14H21N3S. The predicted molar refractivity (Wildman–Crippen MR) is 77.0 cm³/mol. The monoisotopic (exact) mass is 263 g/mol. The summed E-state index contributed by atoms with van der Waals surface area (Å²) in [6.45, 7) is 9.46. The number of hydrogen-bond acceptors (Lipinski definition) is 3. The van der Waals surface area contributed by atoms with Crippen molar-refractivity contribution < 1.29 is 0 Å². The van der Waals surface area contributed by atoms with Crippen molar-refractivity contribution in [3.05, 3.63) is 40.6 Å². The van der Waals surface area contributed by atoms with Gasteiger partial charge in [0, 0.05) is 29.6 Å². The third-order valence-electron chi connectivity index (χ3n) is 3.01. The van der Waals surface area contributed by atoms with Crippen molar-refractivity contribution in [1.82, 2.24) is 14.9 Å². The van der Waals surface area contributed by atoms with Crippen LogP contribution in [0.25, 0.3) is 0 Å². The van der Waals surface area contributed by atoms with Crippen LogP contribution in [0.1, 0.15) is 31.3 Å². The molecule has 3 nitrogen and oxygen atoms in total. The molecule has 2 aromatic rings. The van der Waals surface area contributed by atoms with Crippen LogP contribution in [0.4, 0.5) is 0 Å². The molecule has 98 valence electrons. The van der Waals surface area contributed by atoms with Gasteiger partial charge >= 0.3 is 0 Å². The number of hydrogen-bond donors (Lipinski definition) is 1. The zero-order chi connectivity index (χ0) is 13.0. The smallest absolute Gasteiger partial charge is 0.0950 e. The first-order valence-corrected chi connectivity index (χ1v) is 7.25. The first kappa shape index (κ1) is 13.3. The Morgan fingerprint density at radius 3 is 2.94 bits per heavy atom. The lowest BCUT2D eigenvalue weighted by Gasteiger charge is -2.23. The number of nitrogens with one attached hydrogen (secondary N) is 1. The first-order valence-electron chi connectivity index (χ1n) is 6.37. The van der Waals surface area contributed by atoms with Crippen LogP contribution in [0.5, 0.6) is 0 Å². The minimum atomic E-state index is 0.157. The number of aromatic nitrogens is 2. The Kier molecular flexibility index (Phi) is 4.19. The van der Waals surface area contributed by atoms with E-state index < -0.39 is 0 Å². The molecule has 2 heterocycles. The van der Waals surface area contributed by atoms with Gasteiger partial charge in [-0.2, -0.15) is 0 Å². The molecule has 0 bridgehead atoms. The second kappa shape index (κ2) is 5.67. The highest BCUT2D eigenvalue weighted by Crippen LogP contribution is 2.29. The van der Waals surface area contributed by atoms with Crippen molar-refractivity contribution >= 4 is 11.3 Å². The molecule has 0 saturated heterocycles. The molecule has 4 heteroatoms. The fourth-order valence-corrected chi connectivity index (χ4v) is 2.88. The van der Waals surface area contributed by atoms with E-state index in [2.05, 4.69) is 59.3 Å². The number of imidazole rings is 1. The lowest BCUT2D eigenvalue weighted by atomic mass is 9.91. The van der Waals surface area contributed by atoms with Gasteiger partial charge in [0.15, 0.2) is 0 Å². The average Bonchev–Trinajstić information content (AvgIpc) is 2.96. The van der Waals surface area contributed by atoms with Crippen molar-refractivity contribution in [2.45, 2.75) is 39.3 Å². The van der Waals surface area contributed by atoms with Gasteiger partial charge in [-0.05, 0) is 18.0 Å². The summed E-state index contributed by atoms with van der Waals surface area (Å²) in [5, 5.41) is 5.43. The van der Waals surface area contributed by atoms with E-state index in [4.69, 9.17) is 0 Å². The zero-order valence-corrected chi connectivity index (χ0v) is 12.1. The van der Waals surface area contributed by atoms with E-state index in [1.165, 1.54) is 4.88 Å². The molecule has 0 unspecified atom stereocenters. The summed E-state index contributed by atoms with van der Waals surface area (Å²) in [6.07, 6.45) is 4.07. The van der Waals surface area contributed by atoms with Gasteiger partial charge in [0.1, 0.15) is 0 Å². The summed E-state index contributed by atoms with van der Waals surface area (Å²) in [7, 11) is 0. The second-order valence-corrected chi connectivity index (χ2v) is 6.13. The molecule has 0 aliphatic carbocycles. The molecule has 0 saturated carbocycles. The van der Waals surface area contributed by atoms with Crippen LogP contribution in [0.2, 0.25) is 0 Å². The minimum Gasteiger partial charge on any atom is -0.336 e. The quantitative estimate of drug-likeness (QED) is 0.868. The number of thiophene rings is 1. The maximum atomic E-state index is 4.42. The molecule has 0 amide bonds. The molecule has 18 heavy (non-hydrogen) atoms. The van der Waals surface area contributed by atoms with E-state index in [0.29, 0.717) is 0 Å². The Hall–Kier alpha value is -1.13. The van der Waals surface area contributed by atoms with Crippen molar-refractivity contribution in [2.75, 3.05) is 6.54 Å². The second-order valence-electron chi connectivity index (χ2n) is 5.18. The average molecular weight is 263 g/mol. The van der Waals surface area contributed by atoms with Crippen LogP contribution in [0.15, 0.2) is 30.0 Å². The molecule has 1 N–H and O–H groups in total. The van der Waals surface area contributed by atoms with Gasteiger partial charge in [0.05, 0.1) is 12.0 Å². The third-order valence-corrected chi connectivity index (χ3v) is 4.24. The highest BCUT2D eigenvalue weighted by atomic mass is 32.1. The van der Waals surface area contributed by atoms with Gasteiger partial charge in [0.25, 0.3) is 0 Å². The highest BCUT2D eigenvalue weighted by molar-refractivity contribution is 7.10. The largest absolute Gasteiger partial charge is 0.336 e. The number of rotatable bonds is 6. The maximum Gasteiger partial charge on any atom is 0.0950 e. The summed E-state index contributed by atoms with van der Waals surface area (Å²) in [5.74, 6) is 0. The van der Waals surface area contributed by atoms with Crippen LogP contribution in [0, 0.1) is 0 Å². The molecule has 0 atom stereocenters. The fourth-order valence-electron chi connectivity index (χ4n) is 2.04. The van der Waals surface area contributed by atoms with Gasteiger partial charge in [-0.1, -0.05) is 26.8 Å². The van der Waals surface area contributed by atoms with Crippen molar-refractivity contribution in [1.29, 1.82) is 0 Å². The Morgan fingerprint density at radius 1 is 1.44 bits per heavy atom. The van der Waals surface area contributed by atoms with E-state index in [-0.39, 0.29) is 5.41 Å². The lowest BCUT2D eigenvalue weighted by Crippen LogP contribution is -2.22. The topological polar surface area (TPSA) is 29.9 Å². The molecular weight excluding hydrogens is 242 g/mol. The summed E-state index contributed by atoms with van der Waals surface area (Å²) < 4.78 is 2.19. The summed E-state index contributed by atoms with van der Waals surface area (Å²) in [6, 6.07) is 4.33. The van der Waals surface area contributed by atoms with Gasteiger partial charge < -0.3 is 9.88 Å². The third kappa shape index (κ3) is 3.21. The van der Waals surface area contributed by atoms with E-state index >= 15 is 0 Å². The van der Waals surface area contributed by atoms with E-state index in [1.807, 2.05) is 17.7 Å². The van der Waals surface area contributed by atoms with E-state index in [0.717, 1.165) is 25.3 Å². The molecule has 0 aromatic carbocycles. The van der Waals surface area contributed by atoms with E-state index in [1.54, 1.807) is 0 Å². The SMILES string of the molecule is CCNCc1cn(CC(C)(C)c2cccs2)cn1. The summed E-state index contributed by atoms with van der Waals surface area (Å²) in [4.78, 5) is 5.84. The van der Waals surface area contributed by atoms with Crippen molar-refractivity contribution in [2.24, 2.45) is 0 Å². The minimum absolute atomic E-state index is 0.157. The molecule has 0 aliphatic rings. The normalized spacial score (nSPS) is 11.9. The zero-order valence-electron chi connectivity index (χ0n) is 11.3. The van der Waals surface area contributed by atoms with Crippen LogP contribution >= 0.6 is 11.3 Å². The lowest BCUT2D eigenvalue weighted by molar-refractivity contribution is 0.442. The molecule has 2 aromatic heterocycles. The molecule has 0 aliphatic heterocycles. The van der Waals surface area contributed by atoms with Crippen molar-refractivity contribution in [3.8, 4) is 0 Å². The number of nitrogens with zero attached hydrogens (tertiary/aromatic N) is 2. The fraction of sp³-hybridized carbons (Fsp3) is 0.500. The van der Waals surface area contributed by atoms with Crippen LogP contribution in [-0.2, 0) is 18.5 Å². The van der Waals surface area contributed by atoms with Crippen LogP contribution in [-0.4, -0.2) is 16.1 Å². The highest BCUT2D eigenvalue weighted by Gasteiger charge is 2.22. The maximum absolute atomic E-state index is 4.42. The van der Waals surface area contributed by atoms with Crippen LogP contribution in [0.3, 0.4) is 0 Å². The molecule has 0 spiro atoms. The molecule has 0 fully saturated rings. The Bertz CT molecular complexity index is 471. The van der Waals surface area contributed by atoms with Gasteiger partial charge in [0.2, 0.25) is 0 Å². The van der Waals surface area contributed by atoms with Gasteiger partial charge in [-0.3, -0.25) is 0 Å².